The summed E-state index contributed by atoms with van der Waals surface area (Å²) in [5.74, 6) is -0.126. The Hall–Kier alpha value is -1.66. The first-order valence-corrected chi connectivity index (χ1v) is 7.45. The number of nitrogens with zero attached hydrogens (tertiary/aromatic N) is 2. The lowest BCUT2D eigenvalue weighted by Crippen LogP contribution is -2.34. The number of hydrogen-bond donors (Lipinski definition) is 2. The number of fused-ring (bicyclic) bond motifs is 1. The minimum atomic E-state index is -0.126. The molecule has 0 radical (unpaired) electrons. The van der Waals surface area contributed by atoms with Gasteiger partial charge in [-0.15, -0.1) is 11.3 Å². The van der Waals surface area contributed by atoms with Crippen LogP contribution in [0.2, 0.25) is 0 Å². The molecule has 3 N–H and O–H groups in total. The second-order valence-electron chi connectivity index (χ2n) is 4.67. The SMILES string of the molecule is CCCN(CCO)C(=O)c1sc2nc(C)ccc2c1N. The summed E-state index contributed by atoms with van der Waals surface area (Å²) in [6, 6.07) is 3.79. The standard InChI is InChI=1S/C14H19N3O2S/c1-3-6-17(7-8-18)14(19)12-11(15)10-5-4-9(2)16-13(10)20-12/h4-5,18H,3,6-8,15H2,1-2H3. The van der Waals surface area contributed by atoms with E-state index in [1.165, 1.54) is 11.3 Å². The van der Waals surface area contributed by atoms with Gasteiger partial charge in [-0.2, -0.15) is 0 Å². The van der Waals surface area contributed by atoms with Gasteiger partial charge in [-0.3, -0.25) is 4.79 Å². The highest BCUT2D eigenvalue weighted by Gasteiger charge is 2.21. The van der Waals surface area contributed by atoms with E-state index in [4.69, 9.17) is 10.8 Å². The van der Waals surface area contributed by atoms with Gasteiger partial charge in [0.25, 0.3) is 5.91 Å². The Labute approximate surface area is 122 Å². The Morgan fingerprint density at radius 1 is 1.45 bits per heavy atom. The van der Waals surface area contributed by atoms with Crippen molar-refractivity contribution < 1.29 is 9.90 Å². The number of nitrogens with two attached hydrogens (primary N) is 1. The molecule has 0 spiro atoms. The summed E-state index contributed by atoms with van der Waals surface area (Å²) in [7, 11) is 0. The first-order chi connectivity index (χ1) is 9.58. The molecule has 2 heterocycles. The molecular weight excluding hydrogens is 274 g/mol. The largest absolute Gasteiger partial charge is 0.397 e. The average molecular weight is 293 g/mol. The third-order valence-corrected chi connectivity index (χ3v) is 4.18. The molecule has 0 aliphatic rings. The fourth-order valence-electron chi connectivity index (χ4n) is 2.10. The molecule has 1 amide bonds. The lowest BCUT2D eigenvalue weighted by atomic mass is 10.2. The maximum absolute atomic E-state index is 12.5. The van der Waals surface area contributed by atoms with Crippen LogP contribution in [0.25, 0.3) is 10.2 Å². The van der Waals surface area contributed by atoms with Crippen molar-refractivity contribution in [3.05, 3.63) is 22.7 Å². The third kappa shape index (κ3) is 2.76. The number of carbonyl (C=O) groups excluding carboxylic acids is 1. The van der Waals surface area contributed by atoms with Crippen molar-refractivity contribution in [2.45, 2.75) is 20.3 Å². The lowest BCUT2D eigenvalue weighted by molar-refractivity contribution is 0.0728. The Morgan fingerprint density at radius 2 is 2.20 bits per heavy atom. The van der Waals surface area contributed by atoms with Crippen LogP contribution in [0.3, 0.4) is 0 Å². The molecule has 2 aromatic heterocycles. The average Bonchev–Trinajstić information content (AvgIpc) is 2.74. The van der Waals surface area contributed by atoms with Gasteiger partial charge in [0.1, 0.15) is 9.71 Å². The predicted octanol–water partition coefficient (Wildman–Crippen LogP) is 2.03. The summed E-state index contributed by atoms with van der Waals surface area (Å²) < 4.78 is 0. The van der Waals surface area contributed by atoms with E-state index in [-0.39, 0.29) is 12.5 Å². The smallest absolute Gasteiger partial charge is 0.266 e. The number of aryl methyl sites for hydroxylation is 1. The van der Waals surface area contributed by atoms with Crippen LogP contribution in [0.5, 0.6) is 0 Å². The van der Waals surface area contributed by atoms with E-state index in [1.54, 1.807) is 4.90 Å². The second kappa shape index (κ2) is 6.19. The zero-order valence-corrected chi connectivity index (χ0v) is 12.5. The van der Waals surface area contributed by atoms with Crippen LogP contribution in [0, 0.1) is 6.92 Å². The van der Waals surface area contributed by atoms with Gasteiger partial charge in [0.2, 0.25) is 0 Å². The number of aromatic nitrogens is 1. The summed E-state index contributed by atoms with van der Waals surface area (Å²) in [6.07, 6.45) is 0.841. The highest BCUT2D eigenvalue weighted by Crippen LogP contribution is 2.33. The van der Waals surface area contributed by atoms with Crippen molar-refractivity contribution >= 4 is 33.1 Å². The Morgan fingerprint density at radius 3 is 2.85 bits per heavy atom. The van der Waals surface area contributed by atoms with Gasteiger partial charge in [-0.05, 0) is 25.5 Å². The number of nitrogen functional groups attached to an aromatic ring is 1. The summed E-state index contributed by atoms with van der Waals surface area (Å²) in [5.41, 5.74) is 7.47. The molecule has 0 aromatic carbocycles. The van der Waals surface area contributed by atoms with E-state index in [0.29, 0.717) is 23.7 Å². The third-order valence-electron chi connectivity index (χ3n) is 3.08. The normalized spacial score (nSPS) is 10.9. The van der Waals surface area contributed by atoms with Crippen LogP contribution in [-0.4, -0.2) is 40.6 Å². The van der Waals surface area contributed by atoms with Crippen molar-refractivity contribution in [1.29, 1.82) is 0 Å². The molecule has 0 aliphatic carbocycles. The Bertz CT molecular complexity index is 618. The molecule has 2 aromatic rings. The number of pyridine rings is 1. The zero-order valence-electron chi connectivity index (χ0n) is 11.7. The van der Waals surface area contributed by atoms with Crippen molar-refractivity contribution in [3.63, 3.8) is 0 Å². The van der Waals surface area contributed by atoms with Crippen molar-refractivity contribution in [1.82, 2.24) is 9.88 Å². The number of aliphatic hydroxyl groups is 1. The first-order valence-electron chi connectivity index (χ1n) is 6.64. The summed E-state index contributed by atoms with van der Waals surface area (Å²) in [4.78, 5) is 19.9. The minimum absolute atomic E-state index is 0.0477. The van der Waals surface area contributed by atoms with Crippen LogP contribution in [0.1, 0.15) is 28.7 Å². The molecule has 20 heavy (non-hydrogen) atoms. The highest BCUT2D eigenvalue weighted by molar-refractivity contribution is 7.21. The Kier molecular flexibility index (Phi) is 4.57. The number of thiophene rings is 1. The van der Waals surface area contributed by atoms with E-state index in [1.807, 2.05) is 26.0 Å². The van der Waals surface area contributed by atoms with E-state index in [2.05, 4.69) is 4.98 Å². The fraction of sp³-hybridized carbons (Fsp3) is 0.429. The van der Waals surface area contributed by atoms with Crippen molar-refractivity contribution in [2.75, 3.05) is 25.4 Å². The van der Waals surface area contributed by atoms with Gasteiger partial charge in [0.05, 0.1) is 12.3 Å². The van der Waals surface area contributed by atoms with Crippen LogP contribution in [0.4, 0.5) is 5.69 Å². The molecule has 108 valence electrons. The van der Waals surface area contributed by atoms with Gasteiger partial charge in [0, 0.05) is 24.2 Å². The number of amides is 1. The molecule has 5 nitrogen and oxygen atoms in total. The molecule has 0 saturated carbocycles. The van der Waals surface area contributed by atoms with E-state index in [0.717, 1.165) is 22.3 Å². The first kappa shape index (κ1) is 14.7. The van der Waals surface area contributed by atoms with Gasteiger partial charge >= 0.3 is 0 Å². The Balaban J connectivity index is 2.40. The second-order valence-corrected chi connectivity index (χ2v) is 5.67. The van der Waals surface area contributed by atoms with E-state index >= 15 is 0 Å². The number of hydrogen-bond acceptors (Lipinski definition) is 5. The molecule has 0 saturated heterocycles. The van der Waals surface area contributed by atoms with Crippen LogP contribution < -0.4 is 5.73 Å². The highest BCUT2D eigenvalue weighted by atomic mass is 32.1. The fourth-order valence-corrected chi connectivity index (χ4v) is 3.20. The van der Waals surface area contributed by atoms with Crippen LogP contribution in [0.15, 0.2) is 12.1 Å². The number of aliphatic hydroxyl groups excluding tert-OH is 1. The molecule has 6 heteroatoms. The zero-order chi connectivity index (χ0) is 14.7. The maximum Gasteiger partial charge on any atom is 0.266 e. The lowest BCUT2D eigenvalue weighted by Gasteiger charge is -2.20. The van der Waals surface area contributed by atoms with Gasteiger partial charge in [0.15, 0.2) is 0 Å². The van der Waals surface area contributed by atoms with Gasteiger partial charge < -0.3 is 15.7 Å². The summed E-state index contributed by atoms with van der Waals surface area (Å²) in [6.45, 7) is 4.79. The summed E-state index contributed by atoms with van der Waals surface area (Å²) >= 11 is 1.32. The van der Waals surface area contributed by atoms with Crippen molar-refractivity contribution in [2.24, 2.45) is 0 Å². The molecule has 0 bridgehead atoms. The molecule has 0 unspecified atom stereocenters. The molecule has 2 rings (SSSR count). The van der Waals surface area contributed by atoms with Crippen LogP contribution in [-0.2, 0) is 0 Å². The van der Waals surface area contributed by atoms with Gasteiger partial charge in [-0.25, -0.2) is 4.98 Å². The number of anilines is 1. The number of rotatable bonds is 5. The molecule has 0 atom stereocenters. The molecular formula is C14H19N3O2S. The topological polar surface area (TPSA) is 79.5 Å². The molecule has 0 aliphatic heterocycles. The van der Waals surface area contributed by atoms with E-state index < -0.39 is 0 Å². The quantitative estimate of drug-likeness (QED) is 0.884. The van der Waals surface area contributed by atoms with E-state index in [9.17, 15) is 4.79 Å². The van der Waals surface area contributed by atoms with Crippen LogP contribution >= 0.6 is 11.3 Å². The monoisotopic (exact) mass is 293 g/mol. The van der Waals surface area contributed by atoms with Gasteiger partial charge in [-0.1, -0.05) is 6.92 Å². The summed E-state index contributed by atoms with van der Waals surface area (Å²) in [5, 5.41) is 9.89. The predicted molar refractivity (Wildman–Crippen MR) is 82.0 cm³/mol. The maximum atomic E-state index is 12.5. The minimum Gasteiger partial charge on any atom is -0.397 e. The number of carbonyl (C=O) groups is 1. The van der Waals surface area contributed by atoms with Crippen molar-refractivity contribution in [3.8, 4) is 0 Å². The molecule has 0 fully saturated rings.